The number of carbonyl (C=O) groups is 2. The minimum atomic E-state index is -0.704. The van der Waals surface area contributed by atoms with E-state index in [0.717, 1.165) is 5.56 Å². The van der Waals surface area contributed by atoms with Crippen LogP contribution >= 0.6 is 0 Å². The fraction of sp³-hybridized carbons (Fsp3) is 0.267. The largest absolute Gasteiger partial charge is 0.360 e. The first-order chi connectivity index (χ1) is 10.5. The predicted octanol–water partition coefficient (Wildman–Crippen LogP) is 0.608. The van der Waals surface area contributed by atoms with Crippen LogP contribution < -0.4 is 16.4 Å². The van der Waals surface area contributed by atoms with Crippen molar-refractivity contribution >= 4 is 17.6 Å². The van der Waals surface area contributed by atoms with E-state index in [2.05, 4.69) is 15.8 Å². The average molecular weight is 302 g/mol. The van der Waals surface area contributed by atoms with E-state index in [1.807, 2.05) is 30.3 Å². The molecule has 1 heterocycles. The number of hydrogen-bond acceptors (Lipinski definition) is 5. The topological polar surface area (TPSA) is 110 Å². The highest BCUT2D eigenvalue weighted by atomic mass is 16.5. The molecule has 2 aromatic rings. The standard InChI is InChI=1S/C15H18N4O3/c1-10-7-13(19-22-10)18-14(20)9-17-15(21)12(16)8-11-5-3-2-4-6-11/h2-7,12H,8-9,16H2,1H3,(H,17,21)(H,18,19,20)/t12-/m0/s1. The van der Waals surface area contributed by atoms with Crippen LogP contribution in [-0.2, 0) is 16.0 Å². The van der Waals surface area contributed by atoms with E-state index >= 15 is 0 Å². The van der Waals surface area contributed by atoms with Crippen molar-refractivity contribution in [1.29, 1.82) is 0 Å². The van der Waals surface area contributed by atoms with Crippen LogP contribution in [0.2, 0.25) is 0 Å². The van der Waals surface area contributed by atoms with E-state index in [1.165, 1.54) is 0 Å². The monoisotopic (exact) mass is 302 g/mol. The van der Waals surface area contributed by atoms with Crippen LogP contribution in [0, 0.1) is 6.92 Å². The summed E-state index contributed by atoms with van der Waals surface area (Å²) in [6, 6.07) is 10.3. The second-order valence-electron chi connectivity index (χ2n) is 4.88. The van der Waals surface area contributed by atoms with Crippen molar-refractivity contribution in [3.63, 3.8) is 0 Å². The molecule has 1 atom stereocenters. The molecule has 1 aromatic heterocycles. The number of benzene rings is 1. The molecule has 22 heavy (non-hydrogen) atoms. The number of carbonyl (C=O) groups excluding carboxylic acids is 2. The van der Waals surface area contributed by atoms with Gasteiger partial charge in [0.15, 0.2) is 5.82 Å². The van der Waals surface area contributed by atoms with Crippen LogP contribution in [0.15, 0.2) is 40.9 Å². The maximum Gasteiger partial charge on any atom is 0.245 e. The molecule has 7 nitrogen and oxygen atoms in total. The smallest absolute Gasteiger partial charge is 0.245 e. The van der Waals surface area contributed by atoms with Crippen LogP contribution in [0.1, 0.15) is 11.3 Å². The Morgan fingerprint density at radius 3 is 2.68 bits per heavy atom. The Labute approximate surface area is 127 Å². The van der Waals surface area contributed by atoms with Gasteiger partial charge in [-0.2, -0.15) is 0 Å². The molecule has 0 aliphatic carbocycles. The maximum atomic E-state index is 11.9. The van der Waals surface area contributed by atoms with Crippen molar-refractivity contribution < 1.29 is 14.1 Å². The molecule has 0 saturated carbocycles. The zero-order valence-corrected chi connectivity index (χ0v) is 12.2. The van der Waals surface area contributed by atoms with Crippen LogP contribution in [0.5, 0.6) is 0 Å². The number of anilines is 1. The summed E-state index contributed by atoms with van der Waals surface area (Å²) in [5.41, 5.74) is 6.79. The Hall–Kier alpha value is -2.67. The molecule has 0 saturated heterocycles. The van der Waals surface area contributed by atoms with Gasteiger partial charge in [-0.15, -0.1) is 0 Å². The molecule has 0 spiro atoms. The Bertz CT molecular complexity index is 639. The van der Waals surface area contributed by atoms with Gasteiger partial charge < -0.3 is 20.9 Å². The van der Waals surface area contributed by atoms with Crippen molar-refractivity contribution in [2.24, 2.45) is 5.73 Å². The van der Waals surface area contributed by atoms with Gasteiger partial charge >= 0.3 is 0 Å². The Morgan fingerprint density at radius 2 is 2.05 bits per heavy atom. The predicted molar refractivity (Wildman–Crippen MR) is 81.0 cm³/mol. The number of aryl methyl sites for hydroxylation is 1. The van der Waals surface area contributed by atoms with Gasteiger partial charge in [-0.25, -0.2) is 0 Å². The molecular weight excluding hydrogens is 284 g/mol. The van der Waals surface area contributed by atoms with E-state index < -0.39 is 11.9 Å². The number of nitrogens with two attached hydrogens (primary N) is 1. The summed E-state index contributed by atoms with van der Waals surface area (Å²) in [5.74, 6) is 0.124. The van der Waals surface area contributed by atoms with Gasteiger partial charge in [-0.05, 0) is 18.9 Å². The molecule has 2 rings (SSSR count). The first-order valence-electron chi connectivity index (χ1n) is 6.85. The zero-order valence-electron chi connectivity index (χ0n) is 12.2. The summed E-state index contributed by atoms with van der Waals surface area (Å²) < 4.78 is 4.82. The van der Waals surface area contributed by atoms with Gasteiger partial charge in [-0.1, -0.05) is 35.5 Å². The summed E-state index contributed by atoms with van der Waals surface area (Å²) in [6.07, 6.45) is 0.413. The fourth-order valence-corrected chi connectivity index (χ4v) is 1.87. The van der Waals surface area contributed by atoms with Gasteiger partial charge in [-0.3, -0.25) is 9.59 Å². The average Bonchev–Trinajstić information content (AvgIpc) is 2.90. The third-order valence-corrected chi connectivity index (χ3v) is 2.95. The van der Waals surface area contributed by atoms with Crippen molar-refractivity contribution in [1.82, 2.24) is 10.5 Å². The molecule has 0 aliphatic heterocycles. The van der Waals surface area contributed by atoms with Gasteiger partial charge in [0.05, 0.1) is 12.6 Å². The first-order valence-corrected chi connectivity index (χ1v) is 6.85. The molecule has 116 valence electrons. The number of rotatable bonds is 6. The van der Waals surface area contributed by atoms with E-state index in [9.17, 15) is 9.59 Å². The van der Waals surface area contributed by atoms with Gasteiger partial charge in [0.25, 0.3) is 0 Å². The summed E-state index contributed by atoms with van der Waals surface area (Å²) >= 11 is 0. The molecule has 0 aliphatic rings. The van der Waals surface area contributed by atoms with Gasteiger partial charge in [0.2, 0.25) is 11.8 Å². The minimum Gasteiger partial charge on any atom is -0.360 e. The summed E-state index contributed by atoms with van der Waals surface area (Å²) in [5, 5.41) is 8.63. The van der Waals surface area contributed by atoms with Crippen molar-refractivity contribution in [3.8, 4) is 0 Å². The van der Waals surface area contributed by atoms with Crippen LogP contribution in [0.3, 0.4) is 0 Å². The zero-order chi connectivity index (χ0) is 15.9. The Balaban J connectivity index is 1.75. The highest BCUT2D eigenvalue weighted by molar-refractivity contribution is 5.94. The number of aromatic nitrogens is 1. The molecule has 4 N–H and O–H groups in total. The lowest BCUT2D eigenvalue weighted by Gasteiger charge is -2.12. The van der Waals surface area contributed by atoms with E-state index in [1.54, 1.807) is 13.0 Å². The molecule has 0 unspecified atom stereocenters. The summed E-state index contributed by atoms with van der Waals surface area (Å²) in [6.45, 7) is 1.54. The molecule has 0 fully saturated rings. The van der Waals surface area contributed by atoms with Gasteiger partial charge in [0, 0.05) is 6.07 Å². The Kier molecular flexibility index (Phi) is 5.26. The molecular formula is C15H18N4O3. The van der Waals surface area contributed by atoms with Crippen molar-refractivity contribution in [2.45, 2.75) is 19.4 Å². The minimum absolute atomic E-state index is 0.173. The van der Waals surface area contributed by atoms with E-state index in [4.69, 9.17) is 10.3 Å². The summed E-state index contributed by atoms with van der Waals surface area (Å²) in [4.78, 5) is 23.5. The Morgan fingerprint density at radius 1 is 1.32 bits per heavy atom. The number of hydrogen-bond donors (Lipinski definition) is 3. The lowest BCUT2D eigenvalue weighted by Crippen LogP contribution is -2.44. The molecule has 2 amide bonds. The SMILES string of the molecule is Cc1cc(NC(=O)CNC(=O)[C@@H](N)Cc2ccccc2)no1. The number of nitrogens with one attached hydrogen (secondary N) is 2. The molecule has 7 heteroatoms. The third-order valence-electron chi connectivity index (χ3n) is 2.95. The van der Waals surface area contributed by atoms with E-state index in [-0.39, 0.29) is 12.5 Å². The second-order valence-corrected chi connectivity index (χ2v) is 4.88. The lowest BCUT2D eigenvalue weighted by molar-refractivity contribution is -0.125. The molecule has 0 radical (unpaired) electrons. The van der Waals surface area contributed by atoms with Crippen molar-refractivity contribution in [2.75, 3.05) is 11.9 Å². The first kappa shape index (κ1) is 15.7. The van der Waals surface area contributed by atoms with E-state index in [0.29, 0.717) is 18.0 Å². The maximum absolute atomic E-state index is 11.9. The second kappa shape index (κ2) is 7.37. The lowest BCUT2D eigenvalue weighted by atomic mass is 10.1. The van der Waals surface area contributed by atoms with Gasteiger partial charge in [0.1, 0.15) is 5.76 Å². The quantitative estimate of drug-likeness (QED) is 0.724. The van der Waals surface area contributed by atoms with Crippen LogP contribution in [-0.4, -0.2) is 29.6 Å². The highest BCUT2D eigenvalue weighted by Crippen LogP contribution is 2.06. The third kappa shape index (κ3) is 4.71. The van der Waals surface area contributed by atoms with Crippen molar-refractivity contribution in [3.05, 3.63) is 47.7 Å². The highest BCUT2D eigenvalue weighted by Gasteiger charge is 2.15. The summed E-state index contributed by atoms with van der Waals surface area (Å²) in [7, 11) is 0. The number of nitrogens with zero attached hydrogens (tertiary/aromatic N) is 1. The fourth-order valence-electron chi connectivity index (χ4n) is 1.87. The normalized spacial score (nSPS) is 11.7. The molecule has 1 aromatic carbocycles. The molecule has 0 bridgehead atoms. The van der Waals surface area contributed by atoms with Crippen LogP contribution in [0.25, 0.3) is 0 Å². The van der Waals surface area contributed by atoms with Crippen LogP contribution in [0.4, 0.5) is 5.82 Å². The number of amides is 2.